The van der Waals surface area contributed by atoms with E-state index in [-0.39, 0.29) is 29.6 Å². The largest absolute Gasteiger partial charge is 0.341 e. The van der Waals surface area contributed by atoms with E-state index in [4.69, 9.17) is 0 Å². The van der Waals surface area contributed by atoms with Gasteiger partial charge in [0.05, 0.1) is 11.7 Å². The molecular formula is C20H22N6O3. The fourth-order valence-corrected chi connectivity index (χ4v) is 3.66. The lowest BCUT2D eigenvalue weighted by Gasteiger charge is -2.33. The van der Waals surface area contributed by atoms with Crippen molar-refractivity contribution in [1.29, 1.82) is 0 Å². The molecule has 0 radical (unpaired) electrons. The van der Waals surface area contributed by atoms with Gasteiger partial charge in [0.15, 0.2) is 5.65 Å². The number of likely N-dealkylation sites (tertiary alicyclic amines) is 1. The van der Waals surface area contributed by atoms with Crippen molar-refractivity contribution in [1.82, 2.24) is 29.0 Å². The summed E-state index contributed by atoms with van der Waals surface area (Å²) >= 11 is 0. The highest BCUT2D eigenvalue weighted by Gasteiger charge is 2.25. The molecule has 0 atom stereocenters. The van der Waals surface area contributed by atoms with E-state index in [2.05, 4.69) is 15.0 Å². The Labute approximate surface area is 166 Å². The van der Waals surface area contributed by atoms with Gasteiger partial charge in [-0.2, -0.15) is 0 Å². The number of hydrogen-bond acceptors (Lipinski definition) is 6. The minimum absolute atomic E-state index is 0.0188. The number of aryl methyl sites for hydroxylation is 1. The van der Waals surface area contributed by atoms with E-state index in [1.807, 2.05) is 0 Å². The van der Waals surface area contributed by atoms with Crippen LogP contribution in [-0.4, -0.2) is 48.0 Å². The minimum Gasteiger partial charge on any atom is -0.341 e. The van der Waals surface area contributed by atoms with Crippen LogP contribution in [0.5, 0.6) is 0 Å². The molecule has 1 amide bonds. The van der Waals surface area contributed by atoms with Crippen molar-refractivity contribution in [2.75, 3.05) is 13.1 Å². The predicted octanol–water partition coefficient (Wildman–Crippen LogP) is 0.829. The van der Waals surface area contributed by atoms with E-state index < -0.39 is 0 Å². The maximum atomic E-state index is 12.7. The number of pyridine rings is 1. The summed E-state index contributed by atoms with van der Waals surface area (Å²) in [6, 6.07) is 3.43. The zero-order chi connectivity index (χ0) is 20.5. The van der Waals surface area contributed by atoms with Gasteiger partial charge in [-0.1, -0.05) is 0 Å². The van der Waals surface area contributed by atoms with E-state index in [0.29, 0.717) is 48.2 Å². The lowest BCUT2D eigenvalue weighted by atomic mass is 10.0. The zero-order valence-electron chi connectivity index (χ0n) is 16.4. The minimum atomic E-state index is -0.192. The fraction of sp³-hybridized carbons (Fsp3) is 0.400. The highest BCUT2D eigenvalue weighted by Crippen LogP contribution is 2.21. The second-order valence-electron chi connectivity index (χ2n) is 7.33. The lowest BCUT2D eigenvalue weighted by Crippen LogP contribution is -2.43. The first-order valence-corrected chi connectivity index (χ1v) is 9.58. The maximum Gasteiger partial charge on any atom is 0.263 e. The van der Waals surface area contributed by atoms with Crippen molar-refractivity contribution in [2.24, 2.45) is 0 Å². The first-order valence-electron chi connectivity index (χ1n) is 9.58. The van der Waals surface area contributed by atoms with Crippen LogP contribution in [0.1, 0.15) is 30.1 Å². The van der Waals surface area contributed by atoms with Gasteiger partial charge in [0, 0.05) is 36.6 Å². The lowest BCUT2D eigenvalue weighted by molar-refractivity contribution is -0.133. The van der Waals surface area contributed by atoms with Gasteiger partial charge < -0.3 is 4.90 Å². The Balaban J connectivity index is 1.45. The highest BCUT2D eigenvalue weighted by atomic mass is 16.2. The molecule has 29 heavy (non-hydrogen) atoms. The smallest absolute Gasteiger partial charge is 0.263 e. The molecule has 9 nitrogen and oxygen atoms in total. The number of amides is 1. The number of carbonyl (C=O) groups excluding carboxylic acids is 1. The van der Waals surface area contributed by atoms with E-state index in [1.165, 1.54) is 10.9 Å². The second-order valence-corrected chi connectivity index (χ2v) is 7.33. The molecule has 4 heterocycles. The SMILES string of the molecule is Cc1ncn(CC(=O)N2CCC(n3cnc4ncccc4c3=O)CC2)c(=O)c1C. The summed E-state index contributed by atoms with van der Waals surface area (Å²) in [5.41, 5.74) is 1.36. The Bertz CT molecular complexity index is 1190. The average Bonchev–Trinajstić information content (AvgIpc) is 2.75. The van der Waals surface area contributed by atoms with Crippen LogP contribution in [0.3, 0.4) is 0 Å². The van der Waals surface area contributed by atoms with Crippen LogP contribution in [-0.2, 0) is 11.3 Å². The first kappa shape index (κ1) is 19.0. The van der Waals surface area contributed by atoms with Crippen LogP contribution in [0.4, 0.5) is 0 Å². The van der Waals surface area contributed by atoms with Crippen LogP contribution >= 0.6 is 0 Å². The van der Waals surface area contributed by atoms with Gasteiger partial charge in [-0.25, -0.2) is 15.0 Å². The van der Waals surface area contributed by atoms with Gasteiger partial charge >= 0.3 is 0 Å². The topological polar surface area (TPSA) is 103 Å². The van der Waals surface area contributed by atoms with Crippen molar-refractivity contribution < 1.29 is 4.79 Å². The summed E-state index contributed by atoms with van der Waals surface area (Å²) in [6.45, 7) is 4.50. The van der Waals surface area contributed by atoms with Crippen molar-refractivity contribution >= 4 is 16.9 Å². The zero-order valence-corrected chi connectivity index (χ0v) is 16.4. The molecule has 9 heteroatoms. The molecule has 0 unspecified atom stereocenters. The predicted molar refractivity (Wildman–Crippen MR) is 107 cm³/mol. The molecule has 1 aliphatic heterocycles. The monoisotopic (exact) mass is 394 g/mol. The first-order chi connectivity index (χ1) is 14.0. The Morgan fingerprint density at radius 2 is 1.83 bits per heavy atom. The van der Waals surface area contributed by atoms with E-state index in [1.54, 1.807) is 48.0 Å². The van der Waals surface area contributed by atoms with E-state index >= 15 is 0 Å². The number of nitrogens with zero attached hydrogens (tertiary/aromatic N) is 6. The molecule has 0 aromatic carbocycles. The number of piperidine rings is 1. The van der Waals surface area contributed by atoms with Gasteiger partial charge in [0.25, 0.3) is 11.1 Å². The molecule has 0 bridgehead atoms. The molecule has 4 rings (SSSR count). The molecule has 3 aromatic rings. The Hall–Kier alpha value is -3.36. The molecule has 0 spiro atoms. The number of hydrogen-bond donors (Lipinski definition) is 0. The van der Waals surface area contributed by atoms with Gasteiger partial charge in [0.1, 0.15) is 12.9 Å². The molecule has 3 aromatic heterocycles. The summed E-state index contributed by atoms with van der Waals surface area (Å²) < 4.78 is 2.99. The number of fused-ring (bicyclic) bond motifs is 1. The third-order valence-electron chi connectivity index (χ3n) is 5.59. The van der Waals surface area contributed by atoms with Crippen LogP contribution in [0.15, 0.2) is 40.6 Å². The normalized spacial score (nSPS) is 15.0. The Morgan fingerprint density at radius 3 is 2.59 bits per heavy atom. The van der Waals surface area contributed by atoms with Gasteiger partial charge in [-0.05, 0) is 38.8 Å². The summed E-state index contributed by atoms with van der Waals surface area (Å²) in [4.78, 5) is 52.0. The summed E-state index contributed by atoms with van der Waals surface area (Å²) in [7, 11) is 0. The third kappa shape index (κ3) is 3.55. The summed E-state index contributed by atoms with van der Waals surface area (Å²) in [5.74, 6) is -0.121. The third-order valence-corrected chi connectivity index (χ3v) is 5.59. The van der Waals surface area contributed by atoms with E-state index in [9.17, 15) is 14.4 Å². The van der Waals surface area contributed by atoms with Crippen LogP contribution in [0.25, 0.3) is 11.0 Å². The van der Waals surface area contributed by atoms with Gasteiger partial charge in [-0.3, -0.25) is 23.5 Å². The summed E-state index contributed by atoms with van der Waals surface area (Å²) in [5, 5.41) is 0.495. The number of carbonyl (C=O) groups is 1. The van der Waals surface area contributed by atoms with Crippen molar-refractivity contribution in [3.8, 4) is 0 Å². The molecule has 1 aliphatic rings. The fourth-order valence-electron chi connectivity index (χ4n) is 3.66. The number of rotatable bonds is 3. The summed E-state index contributed by atoms with van der Waals surface area (Å²) in [6.07, 6.45) is 5.88. The van der Waals surface area contributed by atoms with Crippen molar-refractivity contribution in [3.63, 3.8) is 0 Å². The molecule has 1 fully saturated rings. The Morgan fingerprint density at radius 1 is 1.07 bits per heavy atom. The van der Waals surface area contributed by atoms with Crippen molar-refractivity contribution in [2.45, 2.75) is 39.3 Å². The molecule has 150 valence electrons. The molecular weight excluding hydrogens is 372 g/mol. The standard InChI is InChI=1S/C20H22N6O3/c1-13-14(2)22-11-25(19(13)28)10-17(27)24-8-5-15(6-9-24)26-12-23-18-16(20(26)29)4-3-7-21-18/h3-4,7,11-12,15H,5-6,8-10H2,1-2H3. The molecule has 0 saturated carbocycles. The second kappa shape index (κ2) is 7.57. The van der Waals surface area contributed by atoms with Gasteiger partial charge in [-0.15, -0.1) is 0 Å². The van der Waals surface area contributed by atoms with Gasteiger partial charge in [0.2, 0.25) is 5.91 Å². The highest BCUT2D eigenvalue weighted by molar-refractivity contribution is 5.76. The molecule has 0 aliphatic carbocycles. The van der Waals surface area contributed by atoms with Crippen LogP contribution in [0, 0.1) is 13.8 Å². The number of aromatic nitrogens is 5. The maximum absolute atomic E-state index is 12.7. The van der Waals surface area contributed by atoms with Crippen LogP contribution < -0.4 is 11.1 Å². The Kier molecular flexibility index (Phi) is 4.96. The van der Waals surface area contributed by atoms with E-state index in [0.717, 1.165) is 0 Å². The van der Waals surface area contributed by atoms with Crippen molar-refractivity contribution in [3.05, 3.63) is 62.9 Å². The average molecular weight is 394 g/mol. The quantitative estimate of drug-likeness (QED) is 0.652. The van der Waals surface area contributed by atoms with Crippen LogP contribution in [0.2, 0.25) is 0 Å². The molecule has 1 saturated heterocycles. The molecule has 0 N–H and O–H groups in total.